The third-order valence-electron chi connectivity index (χ3n) is 5.90. The summed E-state index contributed by atoms with van der Waals surface area (Å²) in [6, 6.07) is 10.1. The molecule has 1 N–H and O–H groups in total. The Kier molecular flexibility index (Phi) is 8.47. The van der Waals surface area contributed by atoms with Gasteiger partial charge in [-0.05, 0) is 42.3 Å². The smallest absolute Gasteiger partial charge is 0.339 e. The van der Waals surface area contributed by atoms with E-state index in [1.54, 1.807) is 36.4 Å². The lowest BCUT2D eigenvalue weighted by Crippen LogP contribution is -2.22. The second-order valence-electron chi connectivity index (χ2n) is 7.97. The molecule has 0 radical (unpaired) electrons. The van der Waals surface area contributed by atoms with Gasteiger partial charge < -0.3 is 14.7 Å². The third kappa shape index (κ3) is 5.66. The molecular formula is C27H31NO5S. The van der Waals surface area contributed by atoms with Crippen molar-refractivity contribution in [1.82, 2.24) is 4.90 Å². The van der Waals surface area contributed by atoms with Crippen molar-refractivity contribution in [2.45, 2.75) is 30.9 Å². The van der Waals surface area contributed by atoms with Crippen molar-refractivity contribution < 1.29 is 23.1 Å². The van der Waals surface area contributed by atoms with Gasteiger partial charge in [-0.3, -0.25) is 0 Å². The molecule has 3 rings (SSSR count). The maximum atomic E-state index is 13.4. The molecule has 34 heavy (non-hydrogen) atoms. The monoisotopic (exact) mass is 481 g/mol. The summed E-state index contributed by atoms with van der Waals surface area (Å²) in [6.07, 6.45) is 10.4. The zero-order valence-corrected chi connectivity index (χ0v) is 20.6. The number of hydrogen-bond donors (Lipinski definition) is 1. The summed E-state index contributed by atoms with van der Waals surface area (Å²) in [4.78, 5) is 14.6. The highest BCUT2D eigenvalue weighted by molar-refractivity contribution is 7.90. The third-order valence-corrected chi connectivity index (χ3v) is 7.63. The normalized spacial score (nSPS) is 13.6. The highest BCUT2D eigenvalue weighted by atomic mass is 32.2. The van der Waals surface area contributed by atoms with E-state index >= 15 is 0 Å². The number of carbonyl (C=O) groups is 1. The minimum atomic E-state index is -3.83. The number of hydrogen-bond acceptors (Lipinski definition) is 5. The first-order chi connectivity index (χ1) is 16.3. The van der Waals surface area contributed by atoms with Crippen LogP contribution in [0.1, 0.15) is 47.3 Å². The van der Waals surface area contributed by atoms with E-state index in [0.29, 0.717) is 17.7 Å². The van der Waals surface area contributed by atoms with E-state index in [0.717, 1.165) is 25.1 Å². The van der Waals surface area contributed by atoms with E-state index < -0.39 is 21.6 Å². The quantitative estimate of drug-likeness (QED) is 0.483. The van der Waals surface area contributed by atoms with Crippen molar-refractivity contribution in [3.63, 3.8) is 0 Å². The Labute approximate surface area is 201 Å². The van der Waals surface area contributed by atoms with Crippen LogP contribution in [0.4, 0.5) is 0 Å². The van der Waals surface area contributed by atoms with Gasteiger partial charge in [-0.2, -0.15) is 0 Å². The number of aromatic carboxylic acids is 1. The van der Waals surface area contributed by atoms with E-state index in [1.165, 1.54) is 7.11 Å². The van der Waals surface area contributed by atoms with Crippen LogP contribution >= 0.6 is 0 Å². The van der Waals surface area contributed by atoms with Crippen molar-refractivity contribution in [2.75, 3.05) is 26.7 Å². The van der Waals surface area contributed by atoms with Crippen LogP contribution in [0.2, 0.25) is 0 Å². The van der Waals surface area contributed by atoms with Gasteiger partial charge in [0.2, 0.25) is 0 Å². The van der Waals surface area contributed by atoms with Crippen molar-refractivity contribution in [2.24, 2.45) is 0 Å². The fraction of sp³-hybridized carbons (Fsp3) is 0.296. The molecule has 0 fully saturated rings. The first kappa shape index (κ1) is 25.5. The summed E-state index contributed by atoms with van der Waals surface area (Å²) < 4.78 is 32.4. The summed E-state index contributed by atoms with van der Waals surface area (Å²) in [6.45, 7) is 6.68. The van der Waals surface area contributed by atoms with E-state index in [-0.39, 0.29) is 21.8 Å². The number of nitrogens with zero attached hydrogens (tertiary/aromatic N) is 1. The first-order valence-electron chi connectivity index (χ1n) is 11.3. The maximum absolute atomic E-state index is 13.4. The van der Waals surface area contributed by atoms with Gasteiger partial charge in [-0.1, -0.05) is 74.6 Å². The van der Waals surface area contributed by atoms with E-state index in [2.05, 4.69) is 18.7 Å². The maximum Gasteiger partial charge on any atom is 0.339 e. The number of methoxy groups -OCH3 is 1. The number of likely N-dealkylation sites (N-methyl/N-ethyl adjacent to an activating group) is 1. The molecule has 0 aliphatic heterocycles. The van der Waals surface area contributed by atoms with Gasteiger partial charge in [0, 0.05) is 12.1 Å². The fourth-order valence-electron chi connectivity index (χ4n) is 4.07. The number of rotatable bonds is 11. The van der Waals surface area contributed by atoms with Gasteiger partial charge in [-0.15, -0.1) is 0 Å². The van der Waals surface area contributed by atoms with Gasteiger partial charge in [0.1, 0.15) is 11.3 Å². The van der Waals surface area contributed by atoms with Gasteiger partial charge in [-0.25, -0.2) is 13.2 Å². The van der Waals surface area contributed by atoms with Crippen molar-refractivity contribution in [1.29, 1.82) is 0 Å². The molecule has 0 unspecified atom stereocenters. The van der Waals surface area contributed by atoms with Crippen LogP contribution in [0, 0.1) is 0 Å². The predicted octanol–water partition coefficient (Wildman–Crippen LogP) is 5.07. The second kappa shape index (κ2) is 11.3. The molecule has 0 saturated carbocycles. The Morgan fingerprint density at radius 2 is 1.88 bits per heavy atom. The SMILES string of the molecule is CCN(CC)CC=Cc1ccccc1S(=O)(=O)Cc1ccc(C2=CCC=C2)c(OC)c1C(=O)O. The molecule has 0 amide bonds. The van der Waals surface area contributed by atoms with Gasteiger partial charge >= 0.3 is 5.97 Å². The molecule has 0 saturated heterocycles. The summed E-state index contributed by atoms with van der Waals surface area (Å²) in [5.41, 5.74) is 2.14. The highest BCUT2D eigenvalue weighted by Crippen LogP contribution is 2.36. The van der Waals surface area contributed by atoms with Gasteiger partial charge in [0.25, 0.3) is 0 Å². The van der Waals surface area contributed by atoms with Crippen LogP contribution in [0.3, 0.4) is 0 Å². The van der Waals surface area contributed by atoms with Crippen LogP contribution in [-0.4, -0.2) is 51.1 Å². The molecule has 180 valence electrons. The van der Waals surface area contributed by atoms with Crippen LogP contribution in [0.25, 0.3) is 11.6 Å². The van der Waals surface area contributed by atoms with Crippen molar-refractivity contribution in [3.05, 3.63) is 83.0 Å². The van der Waals surface area contributed by atoms with Crippen molar-refractivity contribution >= 4 is 27.5 Å². The summed E-state index contributed by atoms with van der Waals surface area (Å²) in [7, 11) is -2.43. The summed E-state index contributed by atoms with van der Waals surface area (Å²) >= 11 is 0. The topological polar surface area (TPSA) is 83.9 Å². The number of carboxylic acids is 1. The Bertz CT molecular complexity index is 1240. The minimum absolute atomic E-state index is 0.126. The molecule has 2 aromatic rings. The van der Waals surface area contributed by atoms with E-state index in [1.807, 2.05) is 30.4 Å². The molecule has 0 atom stereocenters. The Morgan fingerprint density at radius 1 is 1.15 bits per heavy atom. The van der Waals surface area contributed by atoms with E-state index in [4.69, 9.17) is 4.74 Å². The lowest BCUT2D eigenvalue weighted by Gasteiger charge is -2.16. The zero-order chi connectivity index (χ0) is 24.7. The van der Waals surface area contributed by atoms with Crippen LogP contribution in [0.5, 0.6) is 5.75 Å². The number of sulfone groups is 1. The van der Waals surface area contributed by atoms with Crippen LogP contribution < -0.4 is 4.74 Å². The summed E-state index contributed by atoms with van der Waals surface area (Å²) in [5.74, 6) is -1.49. The molecule has 7 heteroatoms. The Morgan fingerprint density at radius 3 is 2.50 bits per heavy atom. The molecule has 1 aliphatic carbocycles. The molecule has 1 aliphatic rings. The van der Waals surface area contributed by atoms with Gasteiger partial charge in [0.05, 0.1) is 17.8 Å². The standard InChI is InChI=1S/C27H31NO5S/c1-4-28(5-2)18-10-14-21-13-8-9-15-24(21)34(31,32)19-22-16-17-23(20-11-6-7-12-20)26(33-3)25(22)27(29)30/h6,8-17H,4-5,7,18-19H2,1-3H3,(H,29,30). The molecular weight excluding hydrogens is 450 g/mol. The van der Waals surface area contributed by atoms with Gasteiger partial charge in [0.15, 0.2) is 9.84 Å². The fourth-order valence-corrected chi connectivity index (χ4v) is 5.66. The average Bonchev–Trinajstić information content (AvgIpc) is 3.36. The Hall–Kier alpha value is -3.16. The second-order valence-corrected chi connectivity index (χ2v) is 9.93. The first-order valence-corrected chi connectivity index (χ1v) is 13.0. The number of carboxylic acid groups (broad SMARTS) is 1. The largest absolute Gasteiger partial charge is 0.495 e. The summed E-state index contributed by atoms with van der Waals surface area (Å²) in [5, 5.41) is 9.95. The average molecular weight is 482 g/mol. The lowest BCUT2D eigenvalue weighted by molar-refractivity contribution is 0.0692. The lowest BCUT2D eigenvalue weighted by atomic mass is 9.98. The Balaban J connectivity index is 1.99. The zero-order valence-electron chi connectivity index (χ0n) is 19.8. The molecule has 0 spiro atoms. The molecule has 0 aromatic heterocycles. The number of allylic oxidation sites excluding steroid dienone is 4. The highest BCUT2D eigenvalue weighted by Gasteiger charge is 2.26. The van der Waals surface area contributed by atoms with Crippen molar-refractivity contribution in [3.8, 4) is 5.75 Å². The number of ether oxygens (including phenoxy) is 1. The molecule has 6 nitrogen and oxygen atoms in total. The van der Waals surface area contributed by atoms with Crippen LogP contribution in [0.15, 0.2) is 65.6 Å². The molecule has 0 bridgehead atoms. The minimum Gasteiger partial charge on any atom is -0.495 e. The predicted molar refractivity (Wildman–Crippen MR) is 136 cm³/mol. The van der Waals surface area contributed by atoms with E-state index in [9.17, 15) is 18.3 Å². The molecule has 0 heterocycles. The number of benzene rings is 2. The van der Waals surface area contributed by atoms with Crippen LogP contribution in [-0.2, 0) is 15.6 Å². The molecule has 2 aromatic carbocycles.